The molecule has 6 heteroatoms. The Bertz CT molecular complexity index is 560. The quantitative estimate of drug-likeness (QED) is 0.881. The molecule has 2 aromatic heterocycles. The van der Waals surface area contributed by atoms with E-state index in [1.54, 1.807) is 0 Å². The molecule has 18 heavy (non-hydrogen) atoms. The molecule has 0 aliphatic heterocycles. The maximum Gasteiger partial charge on any atom is 0.251 e. The lowest BCUT2D eigenvalue weighted by atomic mass is 10.2. The van der Waals surface area contributed by atoms with E-state index in [-0.39, 0.29) is 16.2 Å². The second-order valence-corrected chi connectivity index (χ2v) is 4.64. The Morgan fingerprint density at radius 1 is 1.39 bits per heavy atom. The largest absolute Gasteiger partial charge is 0.357 e. The van der Waals surface area contributed by atoms with E-state index in [9.17, 15) is 4.79 Å². The second kappa shape index (κ2) is 5.42. The van der Waals surface area contributed by atoms with Gasteiger partial charge in [-0.15, -0.1) is 0 Å². The average Bonchev–Trinajstić information content (AvgIpc) is 2.70. The lowest BCUT2D eigenvalue weighted by Gasteiger charge is -2.04. The van der Waals surface area contributed by atoms with Crippen LogP contribution in [0.1, 0.15) is 15.9 Å². The van der Waals surface area contributed by atoms with E-state index in [1.165, 1.54) is 12.1 Å². The molecule has 1 amide bonds. The molecule has 0 aromatic carbocycles. The zero-order valence-corrected chi connectivity index (χ0v) is 11.2. The Labute approximate surface area is 115 Å². The van der Waals surface area contributed by atoms with E-state index in [0.717, 1.165) is 5.56 Å². The molecule has 94 valence electrons. The van der Waals surface area contributed by atoms with E-state index in [0.29, 0.717) is 12.1 Å². The van der Waals surface area contributed by atoms with Gasteiger partial charge in [0, 0.05) is 31.5 Å². The average molecular weight is 284 g/mol. The van der Waals surface area contributed by atoms with Gasteiger partial charge in [0.2, 0.25) is 0 Å². The second-order valence-electron chi connectivity index (χ2n) is 3.87. The van der Waals surface area contributed by atoms with Gasteiger partial charge in [0.15, 0.2) is 0 Å². The van der Waals surface area contributed by atoms with Gasteiger partial charge < -0.3 is 9.88 Å². The van der Waals surface area contributed by atoms with Crippen molar-refractivity contribution in [3.05, 3.63) is 52.0 Å². The standard InChI is InChI=1S/C12H11Cl2N3O/c1-17-3-2-8(7-17)6-15-12(18)9-4-10(13)16-11(14)5-9/h2-5,7H,6H2,1H3,(H,15,18). The monoisotopic (exact) mass is 283 g/mol. The molecule has 0 spiro atoms. The number of amides is 1. The van der Waals surface area contributed by atoms with Crippen molar-refractivity contribution in [1.82, 2.24) is 14.9 Å². The van der Waals surface area contributed by atoms with Gasteiger partial charge in [-0.25, -0.2) is 4.98 Å². The minimum Gasteiger partial charge on any atom is -0.357 e. The fraction of sp³-hybridized carbons (Fsp3) is 0.167. The molecule has 0 fully saturated rings. The van der Waals surface area contributed by atoms with Crippen molar-refractivity contribution in [2.75, 3.05) is 0 Å². The van der Waals surface area contributed by atoms with Crippen LogP contribution in [0.15, 0.2) is 30.6 Å². The Hall–Kier alpha value is -1.52. The van der Waals surface area contributed by atoms with E-state index in [1.807, 2.05) is 30.1 Å². The van der Waals surface area contributed by atoms with Crippen LogP contribution in [-0.2, 0) is 13.6 Å². The predicted octanol–water partition coefficient (Wildman–Crippen LogP) is 2.66. The number of halogens is 2. The number of hydrogen-bond acceptors (Lipinski definition) is 2. The first-order valence-electron chi connectivity index (χ1n) is 5.27. The summed E-state index contributed by atoms with van der Waals surface area (Å²) in [4.78, 5) is 15.7. The predicted molar refractivity (Wildman–Crippen MR) is 70.8 cm³/mol. The van der Waals surface area contributed by atoms with Gasteiger partial charge in [0.1, 0.15) is 10.3 Å². The van der Waals surface area contributed by atoms with Crippen LogP contribution in [0.2, 0.25) is 10.3 Å². The van der Waals surface area contributed by atoms with Crippen LogP contribution >= 0.6 is 23.2 Å². The zero-order valence-electron chi connectivity index (χ0n) is 9.65. The van der Waals surface area contributed by atoms with E-state index < -0.39 is 0 Å². The highest BCUT2D eigenvalue weighted by atomic mass is 35.5. The van der Waals surface area contributed by atoms with Crippen LogP contribution in [0.4, 0.5) is 0 Å². The summed E-state index contributed by atoms with van der Waals surface area (Å²) in [7, 11) is 1.92. The minimum absolute atomic E-state index is 0.201. The van der Waals surface area contributed by atoms with Crippen molar-refractivity contribution < 1.29 is 4.79 Å². The topological polar surface area (TPSA) is 46.9 Å². The number of pyridine rings is 1. The number of aryl methyl sites for hydroxylation is 1. The summed E-state index contributed by atoms with van der Waals surface area (Å²) in [5.41, 5.74) is 1.42. The van der Waals surface area contributed by atoms with Gasteiger partial charge in [0.05, 0.1) is 0 Å². The Balaban J connectivity index is 2.03. The highest BCUT2D eigenvalue weighted by Gasteiger charge is 2.08. The van der Waals surface area contributed by atoms with Crippen molar-refractivity contribution in [2.24, 2.45) is 7.05 Å². The van der Waals surface area contributed by atoms with Crippen molar-refractivity contribution >= 4 is 29.1 Å². The number of carbonyl (C=O) groups excluding carboxylic acids is 1. The fourth-order valence-corrected chi connectivity index (χ4v) is 2.01. The molecular formula is C12H11Cl2N3O. The molecule has 2 rings (SSSR count). The number of hydrogen-bond donors (Lipinski definition) is 1. The SMILES string of the molecule is Cn1ccc(CNC(=O)c2cc(Cl)nc(Cl)c2)c1. The van der Waals surface area contributed by atoms with Crippen LogP contribution in [-0.4, -0.2) is 15.5 Å². The van der Waals surface area contributed by atoms with Crippen LogP contribution < -0.4 is 5.32 Å². The van der Waals surface area contributed by atoms with Crippen molar-refractivity contribution in [3.8, 4) is 0 Å². The van der Waals surface area contributed by atoms with Crippen molar-refractivity contribution in [2.45, 2.75) is 6.54 Å². The highest BCUT2D eigenvalue weighted by Crippen LogP contribution is 2.14. The maximum atomic E-state index is 11.9. The van der Waals surface area contributed by atoms with E-state index in [2.05, 4.69) is 10.3 Å². The Morgan fingerprint density at radius 3 is 2.61 bits per heavy atom. The summed E-state index contributed by atoms with van der Waals surface area (Å²) in [6.07, 6.45) is 3.86. The third-order valence-electron chi connectivity index (χ3n) is 2.37. The molecule has 0 unspecified atom stereocenters. The number of nitrogens with zero attached hydrogens (tertiary/aromatic N) is 2. The molecule has 1 N–H and O–H groups in total. The summed E-state index contributed by atoms with van der Waals surface area (Å²) in [5.74, 6) is -0.231. The molecular weight excluding hydrogens is 273 g/mol. The fourth-order valence-electron chi connectivity index (χ4n) is 1.55. The first-order valence-corrected chi connectivity index (χ1v) is 6.02. The zero-order chi connectivity index (χ0) is 13.1. The summed E-state index contributed by atoms with van der Waals surface area (Å²) < 4.78 is 1.92. The van der Waals surface area contributed by atoms with Gasteiger partial charge in [-0.05, 0) is 23.8 Å². The smallest absolute Gasteiger partial charge is 0.251 e. The summed E-state index contributed by atoms with van der Waals surface area (Å²) in [6.45, 7) is 0.456. The van der Waals surface area contributed by atoms with Crippen LogP contribution in [0.5, 0.6) is 0 Å². The van der Waals surface area contributed by atoms with Crippen LogP contribution in [0.3, 0.4) is 0 Å². The number of carbonyl (C=O) groups is 1. The molecule has 0 saturated heterocycles. The molecule has 4 nitrogen and oxygen atoms in total. The lowest BCUT2D eigenvalue weighted by molar-refractivity contribution is 0.0951. The first-order chi connectivity index (χ1) is 8.54. The van der Waals surface area contributed by atoms with E-state index >= 15 is 0 Å². The molecule has 0 radical (unpaired) electrons. The van der Waals surface area contributed by atoms with Crippen molar-refractivity contribution in [1.29, 1.82) is 0 Å². The minimum atomic E-state index is -0.231. The third kappa shape index (κ3) is 3.24. The summed E-state index contributed by atoms with van der Waals surface area (Å²) >= 11 is 11.5. The van der Waals surface area contributed by atoms with Crippen LogP contribution in [0, 0.1) is 0 Å². The molecule has 0 aliphatic rings. The number of aromatic nitrogens is 2. The summed E-state index contributed by atoms with van der Waals surface area (Å²) in [6, 6.07) is 4.90. The van der Waals surface area contributed by atoms with Gasteiger partial charge in [-0.3, -0.25) is 4.79 Å². The van der Waals surface area contributed by atoms with Gasteiger partial charge >= 0.3 is 0 Å². The Kier molecular flexibility index (Phi) is 3.89. The van der Waals surface area contributed by atoms with Gasteiger partial charge in [0.25, 0.3) is 5.91 Å². The molecule has 0 atom stereocenters. The highest BCUT2D eigenvalue weighted by molar-refractivity contribution is 6.33. The number of rotatable bonds is 3. The van der Waals surface area contributed by atoms with Gasteiger partial charge in [-0.2, -0.15) is 0 Å². The molecule has 0 saturated carbocycles. The molecule has 2 heterocycles. The maximum absolute atomic E-state index is 11.9. The van der Waals surface area contributed by atoms with Crippen molar-refractivity contribution in [3.63, 3.8) is 0 Å². The van der Waals surface area contributed by atoms with Crippen LogP contribution in [0.25, 0.3) is 0 Å². The lowest BCUT2D eigenvalue weighted by Crippen LogP contribution is -2.22. The first kappa shape index (κ1) is 12.9. The summed E-state index contributed by atoms with van der Waals surface area (Å²) in [5, 5.41) is 3.19. The number of nitrogens with one attached hydrogen (secondary N) is 1. The normalized spacial score (nSPS) is 10.4. The molecule has 0 bridgehead atoms. The third-order valence-corrected chi connectivity index (χ3v) is 2.76. The van der Waals surface area contributed by atoms with E-state index in [4.69, 9.17) is 23.2 Å². The molecule has 0 aliphatic carbocycles. The molecule has 2 aromatic rings. The van der Waals surface area contributed by atoms with Gasteiger partial charge in [-0.1, -0.05) is 23.2 Å². The Morgan fingerprint density at radius 2 is 2.06 bits per heavy atom.